The van der Waals surface area contributed by atoms with Crippen molar-refractivity contribution in [3.05, 3.63) is 27.7 Å². The van der Waals surface area contributed by atoms with E-state index in [1.165, 1.54) is 0 Å². The minimum atomic E-state index is -0.145. The van der Waals surface area contributed by atoms with Gasteiger partial charge in [-0.1, -0.05) is 11.6 Å². The number of carbonyl (C=O) groups is 1. The molecule has 7 heteroatoms. The van der Waals surface area contributed by atoms with Crippen LogP contribution in [-0.2, 0) is 9.53 Å². The molecule has 1 heterocycles. The third-order valence-electron chi connectivity index (χ3n) is 3.84. The lowest BCUT2D eigenvalue weighted by Gasteiger charge is -2.40. The Morgan fingerprint density at radius 1 is 1.43 bits per heavy atom. The maximum atomic E-state index is 12.0. The van der Waals surface area contributed by atoms with Crippen LogP contribution >= 0.6 is 27.5 Å². The average Bonchev–Trinajstić information content (AvgIpc) is 2.53. The van der Waals surface area contributed by atoms with E-state index in [2.05, 4.69) is 40.0 Å². The molecule has 0 aliphatic carbocycles. The minimum absolute atomic E-state index is 0.0283. The van der Waals surface area contributed by atoms with Crippen molar-refractivity contribution >= 4 is 33.4 Å². The topological polar surface area (TPSA) is 50.8 Å². The number of benzene rings is 1. The van der Waals surface area contributed by atoms with Crippen molar-refractivity contribution in [3.63, 3.8) is 0 Å². The molecule has 23 heavy (non-hydrogen) atoms. The molecule has 0 aromatic heterocycles. The zero-order valence-corrected chi connectivity index (χ0v) is 15.7. The maximum absolute atomic E-state index is 12.0. The number of carbonyl (C=O) groups excluding carboxylic acids is 1. The standard InChI is InChI=1S/C16H22BrClN2O3/c1-16(2,20-5-7-22-8-6-20)11-19-15(21)10-23-14-4-3-12(18)9-13(14)17/h3-4,9H,5-8,10-11H2,1-2H3,(H,19,21). The van der Waals surface area contributed by atoms with E-state index in [9.17, 15) is 4.79 Å². The molecule has 0 radical (unpaired) electrons. The molecule has 5 nitrogen and oxygen atoms in total. The zero-order valence-electron chi connectivity index (χ0n) is 13.4. The fraction of sp³-hybridized carbons (Fsp3) is 0.562. The second-order valence-corrected chi connectivity index (χ2v) is 7.34. The highest BCUT2D eigenvalue weighted by Gasteiger charge is 2.28. The first-order chi connectivity index (χ1) is 10.9. The number of morpholine rings is 1. The van der Waals surface area contributed by atoms with Gasteiger partial charge in [-0.3, -0.25) is 9.69 Å². The fourth-order valence-electron chi connectivity index (χ4n) is 2.38. The summed E-state index contributed by atoms with van der Waals surface area (Å²) >= 11 is 9.24. The van der Waals surface area contributed by atoms with Gasteiger partial charge < -0.3 is 14.8 Å². The van der Waals surface area contributed by atoms with Gasteiger partial charge in [0, 0.05) is 30.2 Å². The molecule has 1 aromatic carbocycles. The molecule has 1 fully saturated rings. The van der Waals surface area contributed by atoms with Crippen LogP contribution in [0.1, 0.15) is 13.8 Å². The van der Waals surface area contributed by atoms with E-state index in [0.29, 0.717) is 17.3 Å². The van der Waals surface area contributed by atoms with Gasteiger partial charge >= 0.3 is 0 Å². The van der Waals surface area contributed by atoms with E-state index < -0.39 is 0 Å². The molecule has 0 spiro atoms. The second kappa shape index (κ2) is 8.33. The van der Waals surface area contributed by atoms with Crippen LogP contribution in [0.4, 0.5) is 0 Å². The fourth-order valence-corrected chi connectivity index (χ4v) is 3.18. The molecule has 1 saturated heterocycles. The zero-order chi connectivity index (χ0) is 16.9. The van der Waals surface area contributed by atoms with E-state index in [0.717, 1.165) is 30.8 Å². The summed E-state index contributed by atoms with van der Waals surface area (Å²) in [6, 6.07) is 5.19. The summed E-state index contributed by atoms with van der Waals surface area (Å²) in [6.45, 7) is 8.03. The van der Waals surface area contributed by atoms with Gasteiger partial charge in [-0.25, -0.2) is 0 Å². The predicted molar refractivity (Wildman–Crippen MR) is 94.1 cm³/mol. The van der Waals surface area contributed by atoms with Crippen LogP contribution in [0, 0.1) is 0 Å². The Morgan fingerprint density at radius 3 is 2.78 bits per heavy atom. The third kappa shape index (κ3) is 5.64. The Bertz CT molecular complexity index is 548. The Kier molecular flexibility index (Phi) is 6.71. The highest BCUT2D eigenvalue weighted by molar-refractivity contribution is 9.10. The molecule has 1 aliphatic rings. The van der Waals surface area contributed by atoms with Crippen LogP contribution in [0.15, 0.2) is 22.7 Å². The van der Waals surface area contributed by atoms with E-state index in [-0.39, 0.29) is 18.1 Å². The van der Waals surface area contributed by atoms with Gasteiger partial charge in [0.1, 0.15) is 5.75 Å². The minimum Gasteiger partial charge on any atom is -0.483 e. The van der Waals surface area contributed by atoms with Gasteiger partial charge in [-0.05, 0) is 48.0 Å². The normalized spacial score (nSPS) is 16.2. The first kappa shape index (κ1) is 18.5. The van der Waals surface area contributed by atoms with Crippen molar-refractivity contribution in [2.75, 3.05) is 39.5 Å². The number of rotatable bonds is 6. The van der Waals surface area contributed by atoms with E-state index in [1.807, 2.05) is 0 Å². The Labute approximate surface area is 150 Å². The lowest BCUT2D eigenvalue weighted by Crippen LogP contribution is -2.55. The summed E-state index contributed by atoms with van der Waals surface area (Å²) in [4.78, 5) is 14.3. The number of amides is 1. The molecule has 0 bridgehead atoms. The smallest absolute Gasteiger partial charge is 0.258 e. The van der Waals surface area contributed by atoms with E-state index >= 15 is 0 Å². The van der Waals surface area contributed by atoms with Crippen molar-refractivity contribution in [2.45, 2.75) is 19.4 Å². The SMILES string of the molecule is CC(C)(CNC(=O)COc1ccc(Cl)cc1Br)N1CCOCC1. The van der Waals surface area contributed by atoms with Gasteiger partial charge in [0.05, 0.1) is 17.7 Å². The molecular weight excluding hydrogens is 384 g/mol. The number of hydrogen-bond acceptors (Lipinski definition) is 4. The van der Waals surface area contributed by atoms with Crippen molar-refractivity contribution in [1.82, 2.24) is 10.2 Å². The molecule has 0 saturated carbocycles. The van der Waals surface area contributed by atoms with Crippen LogP contribution in [0.25, 0.3) is 0 Å². The first-order valence-corrected chi connectivity index (χ1v) is 8.73. The summed E-state index contributed by atoms with van der Waals surface area (Å²) in [5, 5.41) is 3.55. The third-order valence-corrected chi connectivity index (χ3v) is 4.69. The Hall–Kier alpha value is -0.820. The number of ether oxygens (including phenoxy) is 2. The molecule has 1 aliphatic heterocycles. The van der Waals surface area contributed by atoms with Gasteiger partial charge in [0.15, 0.2) is 6.61 Å². The summed E-state index contributed by atoms with van der Waals surface area (Å²) in [7, 11) is 0. The monoisotopic (exact) mass is 404 g/mol. The molecule has 128 valence electrons. The average molecular weight is 406 g/mol. The molecule has 0 unspecified atom stereocenters. The summed E-state index contributed by atoms with van der Waals surface area (Å²) in [5.41, 5.74) is -0.111. The van der Waals surface area contributed by atoms with Crippen molar-refractivity contribution in [2.24, 2.45) is 0 Å². The molecule has 1 N–H and O–H groups in total. The van der Waals surface area contributed by atoms with Gasteiger partial charge in [0.25, 0.3) is 5.91 Å². The molecule has 1 aromatic rings. The van der Waals surface area contributed by atoms with Crippen molar-refractivity contribution in [1.29, 1.82) is 0 Å². The summed E-state index contributed by atoms with van der Waals surface area (Å²) in [6.07, 6.45) is 0. The number of nitrogens with one attached hydrogen (secondary N) is 1. The van der Waals surface area contributed by atoms with Crippen LogP contribution in [0.3, 0.4) is 0 Å². The molecule has 1 amide bonds. The number of halogens is 2. The van der Waals surface area contributed by atoms with Gasteiger partial charge in [-0.2, -0.15) is 0 Å². The predicted octanol–water partition coefficient (Wildman–Crippen LogP) is 2.71. The van der Waals surface area contributed by atoms with Crippen molar-refractivity contribution < 1.29 is 14.3 Å². The van der Waals surface area contributed by atoms with E-state index in [4.69, 9.17) is 21.1 Å². The number of nitrogens with zero attached hydrogens (tertiary/aromatic N) is 1. The van der Waals surface area contributed by atoms with E-state index in [1.54, 1.807) is 18.2 Å². The Balaban J connectivity index is 1.78. The molecular formula is C16H22BrClN2O3. The second-order valence-electron chi connectivity index (χ2n) is 6.05. The maximum Gasteiger partial charge on any atom is 0.258 e. The van der Waals surface area contributed by atoms with Crippen LogP contribution in [0.2, 0.25) is 5.02 Å². The lowest BCUT2D eigenvalue weighted by molar-refractivity contribution is -0.123. The molecule has 0 atom stereocenters. The highest BCUT2D eigenvalue weighted by atomic mass is 79.9. The summed E-state index contributed by atoms with van der Waals surface area (Å²) < 4.78 is 11.6. The van der Waals surface area contributed by atoms with Crippen LogP contribution in [-0.4, -0.2) is 55.8 Å². The first-order valence-electron chi connectivity index (χ1n) is 7.56. The van der Waals surface area contributed by atoms with Crippen LogP contribution in [0.5, 0.6) is 5.75 Å². The van der Waals surface area contributed by atoms with Gasteiger partial charge in [-0.15, -0.1) is 0 Å². The lowest BCUT2D eigenvalue weighted by atomic mass is 10.0. The largest absolute Gasteiger partial charge is 0.483 e. The summed E-state index contributed by atoms with van der Waals surface area (Å²) in [5.74, 6) is 0.449. The van der Waals surface area contributed by atoms with Crippen LogP contribution < -0.4 is 10.1 Å². The van der Waals surface area contributed by atoms with Crippen molar-refractivity contribution in [3.8, 4) is 5.75 Å². The number of hydrogen-bond donors (Lipinski definition) is 1. The quantitative estimate of drug-likeness (QED) is 0.790. The Morgan fingerprint density at radius 2 is 2.13 bits per heavy atom. The van der Waals surface area contributed by atoms with Gasteiger partial charge in [0.2, 0.25) is 0 Å². The highest BCUT2D eigenvalue weighted by Crippen LogP contribution is 2.27. The molecule has 2 rings (SSSR count).